The summed E-state index contributed by atoms with van der Waals surface area (Å²) in [6.45, 7) is 1.82. The third-order valence-corrected chi connectivity index (χ3v) is 3.45. The Labute approximate surface area is 183 Å². The van der Waals surface area contributed by atoms with E-state index in [0.29, 0.717) is 22.1 Å². The molecule has 8 heteroatoms. The third-order valence-electron chi connectivity index (χ3n) is 3.45. The average molecular weight is 525 g/mol. The number of benzene rings is 1. The first-order valence-electron chi connectivity index (χ1n) is 5.75. The molecule has 0 unspecified atom stereocenters. The molecule has 0 aliphatic carbocycles. The SMILES string of the molecule is Cc1c(C=[N-])[nH]c(=O)c2c1ccc1nc([NH-])n(C)c12.[Rb+].[Re]. The molecule has 0 aliphatic rings. The van der Waals surface area contributed by atoms with Gasteiger partial charge in [-0.25, -0.2) is 0 Å². The second-order valence-electron chi connectivity index (χ2n) is 4.47. The molecule has 0 amide bonds. The monoisotopic (exact) mass is 525 g/mol. The molecule has 0 spiro atoms. The van der Waals surface area contributed by atoms with Crippen LogP contribution in [0.15, 0.2) is 16.9 Å². The van der Waals surface area contributed by atoms with Crippen molar-refractivity contribution >= 4 is 34.0 Å². The molecule has 21 heavy (non-hydrogen) atoms. The number of rotatable bonds is 1. The maximum absolute atomic E-state index is 12.2. The first-order chi connectivity index (χ1) is 9.04. The van der Waals surface area contributed by atoms with Gasteiger partial charge in [0.2, 0.25) is 0 Å². The van der Waals surface area contributed by atoms with Crippen molar-refractivity contribution in [3.8, 4) is 0 Å². The van der Waals surface area contributed by atoms with Crippen molar-refractivity contribution in [1.29, 1.82) is 0 Å². The standard InChI is InChI=1S/C13H12N5O.Rb.Re/c1-6-7-3-4-8-11(18(2)13(15)17-8)10(7)12(19)16-9(6)5-14;;/h3-5H,1-2H3,(H3-,14,15,16,17,19);;/q-1;+1;/p-1. The van der Waals surface area contributed by atoms with Gasteiger partial charge in [0.05, 0.1) is 5.39 Å². The van der Waals surface area contributed by atoms with Crippen LogP contribution in [0.3, 0.4) is 0 Å². The van der Waals surface area contributed by atoms with E-state index in [-0.39, 0.29) is 90.1 Å². The van der Waals surface area contributed by atoms with Crippen LogP contribution in [-0.4, -0.2) is 20.7 Å². The predicted octanol–water partition coefficient (Wildman–Crippen LogP) is -0.603. The Morgan fingerprint density at radius 1 is 1.43 bits per heavy atom. The van der Waals surface area contributed by atoms with Gasteiger partial charge in [-0.3, -0.25) is 4.79 Å². The van der Waals surface area contributed by atoms with Crippen molar-refractivity contribution < 1.29 is 78.6 Å². The molecular formula is C13H11N5ORbRe-. The van der Waals surface area contributed by atoms with E-state index in [1.165, 1.54) is 0 Å². The van der Waals surface area contributed by atoms with Gasteiger partial charge >= 0.3 is 58.2 Å². The topological polar surface area (TPSA) is 96.8 Å². The summed E-state index contributed by atoms with van der Waals surface area (Å²) in [5.41, 5.74) is 9.85. The van der Waals surface area contributed by atoms with Gasteiger partial charge in [0.1, 0.15) is 0 Å². The third kappa shape index (κ3) is 2.88. The fraction of sp³-hybridized carbons (Fsp3) is 0.154. The van der Waals surface area contributed by atoms with Crippen molar-refractivity contribution in [1.82, 2.24) is 14.5 Å². The molecule has 2 heterocycles. The van der Waals surface area contributed by atoms with Gasteiger partial charge in [-0.15, -0.1) is 0 Å². The fourth-order valence-electron chi connectivity index (χ4n) is 2.40. The number of nitrogens with zero attached hydrogens (tertiary/aromatic N) is 3. The van der Waals surface area contributed by atoms with Crippen molar-refractivity contribution in [2.75, 3.05) is 0 Å². The molecule has 0 atom stereocenters. The normalized spacial score (nSPS) is 10.2. The fourth-order valence-corrected chi connectivity index (χ4v) is 2.40. The minimum Gasteiger partial charge on any atom is -0.809 e. The Hall–Kier alpha value is -0.162. The zero-order valence-electron chi connectivity index (χ0n) is 11.9. The predicted molar refractivity (Wildman–Crippen MR) is 76.1 cm³/mol. The van der Waals surface area contributed by atoms with E-state index >= 15 is 0 Å². The smallest absolute Gasteiger partial charge is 0.809 e. The molecular weight excluding hydrogens is 514 g/mol. The summed E-state index contributed by atoms with van der Waals surface area (Å²) in [6.07, 6.45) is 0.888. The van der Waals surface area contributed by atoms with Gasteiger partial charge in [0, 0.05) is 43.1 Å². The number of nitrogens with one attached hydrogen (secondary N) is 2. The minimum absolute atomic E-state index is 0. The van der Waals surface area contributed by atoms with Gasteiger partial charge in [-0.2, -0.15) is 6.21 Å². The summed E-state index contributed by atoms with van der Waals surface area (Å²) in [5, 5.41) is 10.4. The zero-order valence-corrected chi connectivity index (χ0v) is 19.5. The van der Waals surface area contributed by atoms with Gasteiger partial charge in [0.25, 0.3) is 5.56 Å². The van der Waals surface area contributed by atoms with E-state index in [1.54, 1.807) is 23.7 Å². The summed E-state index contributed by atoms with van der Waals surface area (Å²) in [5.74, 6) is 0.109. The largest absolute Gasteiger partial charge is 1.00 e. The number of aromatic nitrogens is 3. The number of pyridine rings is 1. The second-order valence-corrected chi connectivity index (χ2v) is 4.47. The van der Waals surface area contributed by atoms with Crippen LogP contribution in [0.4, 0.5) is 5.95 Å². The first kappa shape index (κ1) is 18.9. The number of H-pyrrole nitrogens is 1. The summed E-state index contributed by atoms with van der Waals surface area (Å²) in [6, 6.07) is 3.57. The van der Waals surface area contributed by atoms with Crippen molar-refractivity contribution in [3.05, 3.63) is 44.9 Å². The summed E-state index contributed by atoms with van der Waals surface area (Å²) in [4.78, 5) is 18.9. The molecule has 1 aromatic carbocycles. The van der Waals surface area contributed by atoms with E-state index in [9.17, 15) is 4.79 Å². The maximum Gasteiger partial charge on any atom is 1.00 e. The van der Waals surface area contributed by atoms with Crippen LogP contribution in [0.5, 0.6) is 0 Å². The van der Waals surface area contributed by atoms with Gasteiger partial charge < -0.3 is 25.7 Å². The molecule has 0 aliphatic heterocycles. The number of aromatic amines is 1. The quantitative estimate of drug-likeness (QED) is 0.430. The molecule has 0 saturated carbocycles. The van der Waals surface area contributed by atoms with E-state index in [1.807, 2.05) is 6.92 Å². The summed E-state index contributed by atoms with van der Waals surface area (Å²) < 4.78 is 1.58. The molecule has 1 radical (unpaired) electrons. The molecule has 2 aromatic heterocycles. The average Bonchev–Trinajstić information content (AvgIpc) is 2.69. The Kier molecular flexibility index (Phi) is 6.25. The summed E-state index contributed by atoms with van der Waals surface area (Å²) in [7, 11) is 1.71. The molecule has 3 rings (SSSR count). The molecule has 103 valence electrons. The Morgan fingerprint density at radius 3 is 2.71 bits per heavy atom. The van der Waals surface area contributed by atoms with E-state index in [4.69, 9.17) is 11.1 Å². The Bertz CT molecular complexity index is 899. The van der Waals surface area contributed by atoms with Crippen LogP contribution in [0.1, 0.15) is 11.3 Å². The number of hydrogen-bond acceptors (Lipinski definition) is 2. The number of hydrogen-bond donors (Lipinski definition) is 1. The van der Waals surface area contributed by atoms with E-state index in [0.717, 1.165) is 17.2 Å². The Balaban J connectivity index is 0.00000110. The van der Waals surface area contributed by atoms with Crippen LogP contribution in [-0.2, 0) is 27.5 Å². The zero-order chi connectivity index (χ0) is 13.7. The molecule has 0 fully saturated rings. The van der Waals surface area contributed by atoms with Crippen LogP contribution >= 0.6 is 0 Å². The van der Waals surface area contributed by atoms with Crippen molar-refractivity contribution in [2.24, 2.45) is 7.05 Å². The van der Waals surface area contributed by atoms with Crippen LogP contribution in [0, 0.1) is 6.92 Å². The number of fused-ring (bicyclic) bond motifs is 3. The van der Waals surface area contributed by atoms with Crippen molar-refractivity contribution in [2.45, 2.75) is 6.92 Å². The van der Waals surface area contributed by atoms with Crippen LogP contribution in [0.25, 0.3) is 32.9 Å². The molecule has 0 bridgehead atoms. The molecule has 2 N–H and O–H groups in total. The molecule has 6 nitrogen and oxygen atoms in total. The van der Waals surface area contributed by atoms with Gasteiger partial charge in [-0.1, -0.05) is 12.1 Å². The van der Waals surface area contributed by atoms with Crippen LogP contribution in [0.2, 0.25) is 0 Å². The Morgan fingerprint density at radius 2 is 2.10 bits per heavy atom. The van der Waals surface area contributed by atoms with Gasteiger partial charge in [0.15, 0.2) is 0 Å². The minimum atomic E-state index is -0.297. The second kappa shape index (κ2) is 6.94. The first-order valence-corrected chi connectivity index (χ1v) is 5.75. The van der Waals surface area contributed by atoms with E-state index < -0.39 is 0 Å². The van der Waals surface area contributed by atoms with Crippen LogP contribution < -0.4 is 63.7 Å². The summed E-state index contributed by atoms with van der Waals surface area (Å²) >= 11 is 0. The van der Waals surface area contributed by atoms with E-state index in [2.05, 4.69) is 9.97 Å². The van der Waals surface area contributed by atoms with Crippen molar-refractivity contribution in [3.63, 3.8) is 0 Å². The number of aryl methyl sites for hydroxylation is 2. The molecule has 0 saturated heterocycles. The van der Waals surface area contributed by atoms with Gasteiger partial charge in [-0.05, 0) is 24.9 Å². The molecule has 3 aromatic rings. The maximum atomic E-state index is 12.2. The number of imidazole rings is 1.